The lowest BCUT2D eigenvalue weighted by Crippen LogP contribution is -1.95. The lowest BCUT2D eigenvalue weighted by molar-refractivity contribution is 1.18. The van der Waals surface area contributed by atoms with Crippen LogP contribution in [0.3, 0.4) is 0 Å². The van der Waals surface area contributed by atoms with E-state index in [1.807, 2.05) is 12.3 Å². The molecule has 2 nitrogen and oxygen atoms in total. The summed E-state index contributed by atoms with van der Waals surface area (Å²) in [5.74, 6) is 0. The Bertz CT molecular complexity index is 3100. The third-order valence-electron chi connectivity index (χ3n) is 11.0. The smallest absolute Gasteiger partial charge is 0.0963 e. The molecule has 0 amide bonds. The molecular weight excluding hydrogens is 641 g/mol. The van der Waals surface area contributed by atoms with E-state index in [1.165, 1.54) is 76.5 Å². The highest BCUT2D eigenvalue weighted by atomic mass is 15.0. The van der Waals surface area contributed by atoms with Crippen LogP contribution in [-0.2, 0) is 0 Å². The summed E-state index contributed by atoms with van der Waals surface area (Å²) in [5.41, 5.74) is 11.8. The van der Waals surface area contributed by atoms with Crippen LogP contribution in [0.15, 0.2) is 194 Å². The van der Waals surface area contributed by atoms with Gasteiger partial charge in [-0.3, -0.25) is 4.98 Å². The first-order chi connectivity index (χ1) is 26.3. The van der Waals surface area contributed by atoms with E-state index in [2.05, 4.69) is 187 Å². The molecule has 11 rings (SSSR count). The van der Waals surface area contributed by atoms with E-state index >= 15 is 0 Å². The molecule has 2 aromatic heterocycles. The number of hydrogen-bond donors (Lipinski definition) is 0. The van der Waals surface area contributed by atoms with Crippen molar-refractivity contribution in [1.29, 1.82) is 0 Å². The predicted molar refractivity (Wildman–Crippen MR) is 225 cm³/mol. The van der Waals surface area contributed by atoms with E-state index < -0.39 is 0 Å². The van der Waals surface area contributed by atoms with Crippen molar-refractivity contribution in [2.45, 2.75) is 0 Å². The second-order valence-corrected chi connectivity index (χ2v) is 13.9. The topological polar surface area (TPSA) is 17.8 Å². The van der Waals surface area contributed by atoms with Gasteiger partial charge in [0, 0.05) is 17.3 Å². The lowest BCUT2D eigenvalue weighted by atomic mass is 9.86. The Morgan fingerprint density at radius 3 is 1.42 bits per heavy atom. The molecule has 53 heavy (non-hydrogen) atoms. The first-order valence-corrected chi connectivity index (χ1v) is 18.2. The van der Waals surface area contributed by atoms with Gasteiger partial charge in [-0.15, -0.1) is 0 Å². The van der Waals surface area contributed by atoms with Crippen molar-refractivity contribution in [1.82, 2.24) is 9.55 Å². The first-order valence-electron chi connectivity index (χ1n) is 18.2. The van der Waals surface area contributed by atoms with Gasteiger partial charge in [0.2, 0.25) is 0 Å². The average Bonchev–Trinajstić information content (AvgIpc) is 3.56. The van der Waals surface area contributed by atoms with Gasteiger partial charge in [0.1, 0.15) is 0 Å². The Morgan fingerprint density at radius 1 is 0.321 bits per heavy atom. The summed E-state index contributed by atoms with van der Waals surface area (Å²) in [4.78, 5) is 4.90. The van der Waals surface area contributed by atoms with Crippen LogP contribution in [-0.4, -0.2) is 9.55 Å². The molecule has 9 aromatic carbocycles. The second-order valence-electron chi connectivity index (χ2n) is 13.9. The molecule has 0 aliphatic heterocycles. The Balaban J connectivity index is 1.13. The molecule has 0 radical (unpaired) electrons. The first kappa shape index (κ1) is 29.7. The summed E-state index contributed by atoms with van der Waals surface area (Å²) in [6.45, 7) is 0. The zero-order chi connectivity index (χ0) is 34.9. The molecule has 0 saturated heterocycles. The number of aromatic nitrogens is 2. The number of fused-ring (bicyclic) bond motifs is 7. The number of rotatable bonds is 4. The normalized spacial score (nSPS) is 11.8. The molecule has 2 heterocycles. The average molecular weight is 673 g/mol. The molecule has 0 fully saturated rings. The van der Waals surface area contributed by atoms with Crippen molar-refractivity contribution in [3.8, 4) is 39.1 Å². The van der Waals surface area contributed by atoms with Gasteiger partial charge in [-0.05, 0) is 119 Å². The maximum atomic E-state index is 4.90. The quantitative estimate of drug-likeness (QED) is 0.170. The van der Waals surface area contributed by atoms with Crippen LogP contribution in [0.5, 0.6) is 0 Å². The Labute approximate surface area is 306 Å². The highest BCUT2D eigenvalue weighted by molar-refractivity contribution is 6.21. The van der Waals surface area contributed by atoms with Crippen LogP contribution < -0.4 is 0 Å². The van der Waals surface area contributed by atoms with Gasteiger partial charge in [-0.2, -0.15) is 0 Å². The highest BCUT2D eigenvalue weighted by Gasteiger charge is 2.19. The second kappa shape index (κ2) is 11.8. The van der Waals surface area contributed by atoms with Gasteiger partial charge in [0.05, 0.1) is 16.6 Å². The molecule has 0 aliphatic carbocycles. The third kappa shape index (κ3) is 4.56. The van der Waals surface area contributed by atoms with Gasteiger partial charge >= 0.3 is 0 Å². The van der Waals surface area contributed by atoms with E-state index in [4.69, 9.17) is 4.98 Å². The monoisotopic (exact) mass is 672 g/mol. The summed E-state index contributed by atoms with van der Waals surface area (Å²) >= 11 is 0. The van der Waals surface area contributed by atoms with E-state index in [0.29, 0.717) is 0 Å². The third-order valence-corrected chi connectivity index (χ3v) is 11.0. The van der Waals surface area contributed by atoms with Crippen molar-refractivity contribution < 1.29 is 0 Å². The summed E-state index contributed by atoms with van der Waals surface area (Å²) in [5, 5.41) is 11.2. The van der Waals surface area contributed by atoms with E-state index in [0.717, 1.165) is 27.6 Å². The SMILES string of the molecule is c1ccc(-c2c3ccccc3c(-c3ccc(-n4c5cc(-c6c7ccccc7cc7ccccc67)ccc5c5ncccc54)cc3)c3ccccc23)cc1. The van der Waals surface area contributed by atoms with Crippen molar-refractivity contribution >= 4 is 65.0 Å². The molecule has 0 bridgehead atoms. The minimum atomic E-state index is 1.01. The zero-order valence-electron chi connectivity index (χ0n) is 28.9. The van der Waals surface area contributed by atoms with Crippen molar-refractivity contribution in [3.63, 3.8) is 0 Å². The van der Waals surface area contributed by atoms with E-state index in [1.54, 1.807) is 0 Å². The Hall–Kier alpha value is -7.03. The minimum Gasteiger partial charge on any atom is -0.308 e. The molecule has 11 aromatic rings. The zero-order valence-corrected chi connectivity index (χ0v) is 28.9. The Morgan fingerprint density at radius 2 is 0.811 bits per heavy atom. The van der Waals surface area contributed by atoms with Gasteiger partial charge in [-0.25, -0.2) is 0 Å². The number of nitrogens with zero attached hydrogens (tertiary/aromatic N) is 2. The van der Waals surface area contributed by atoms with Gasteiger partial charge in [0.15, 0.2) is 0 Å². The lowest BCUT2D eigenvalue weighted by Gasteiger charge is -2.18. The van der Waals surface area contributed by atoms with Crippen LogP contribution in [0, 0.1) is 0 Å². The minimum absolute atomic E-state index is 1.01. The van der Waals surface area contributed by atoms with Crippen molar-refractivity contribution in [2.75, 3.05) is 0 Å². The summed E-state index contributed by atoms with van der Waals surface area (Å²) < 4.78 is 2.38. The molecule has 2 heteroatoms. The highest BCUT2D eigenvalue weighted by Crippen LogP contribution is 2.44. The molecule has 246 valence electrons. The summed E-state index contributed by atoms with van der Waals surface area (Å²) in [6.07, 6.45) is 1.90. The number of pyridine rings is 1. The van der Waals surface area contributed by atoms with Crippen LogP contribution in [0.25, 0.3) is 104 Å². The molecule has 0 spiro atoms. The number of hydrogen-bond acceptors (Lipinski definition) is 1. The molecule has 0 saturated carbocycles. The maximum absolute atomic E-state index is 4.90. The predicted octanol–water partition coefficient (Wildman–Crippen LogP) is 13.8. The van der Waals surface area contributed by atoms with Gasteiger partial charge in [-0.1, -0.05) is 146 Å². The van der Waals surface area contributed by atoms with E-state index in [-0.39, 0.29) is 0 Å². The molecule has 0 N–H and O–H groups in total. The van der Waals surface area contributed by atoms with Crippen LogP contribution >= 0.6 is 0 Å². The van der Waals surface area contributed by atoms with Crippen molar-refractivity contribution in [3.05, 3.63) is 194 Å². The summed E-state index contributed by atoms with van der Waals surface area (Å²) in [6, 6.07) is 68.5. The number of benzene rings is 9. The molecule has 0 atom stereocenters. The fourth-order valence-electron chi connectivity index (χ4n) is 8.72. The molecule has 0 aliphatic rings. The van der Waals surface area contributed by atoms with Crippen LogP contribution in [0.4, 0.5) is 0 Å². The van der Waals surface area contributed by atoms with Gasteiger partial charge in [0.25, 0.3) is 0 Å². The maximum Gasteiger partial charge on any atom is 0.0963 e. The van der Waals surface area contributed by atoms with E-state index in [9.17, 15) is 0 Å². The molecular formula is C51H32N2. The van der Waals surface area contributed by atoms with Crippen LogP contribution in [0.1, 0.15) is 0 Å². The molecule has 0 unspecified atom stereocenters. The largest absolute Gasteiger partial charge is 0.308 e. The standard InChI is InChI=1S/C51H32N2/c1-2-13-33(14-3-1)48-41-19-8-10-21-43(41)49(44-22-11-9-20-42(44)48)34-24-27-38(28-25-34)53-46-23-12-30-52-51(46)45-29-26-37(32-47(45)53)50-39-17-6-4-15-35(39)31-36-16-5-7-18-40(36)50/h1-32H. The summed E-state index contributed by atoms with van der Waals surface area (Å²) in [7, 11) is 0. The van der Waals surface area contributed by atoms with Gasteiger partial charge < -0.3 is 4.57 Å². The fraction of sp³-hybridized carbons (Fsp3) is 0. The van der Waals surface area contributed by atoms with Crippen LogP contribution in [0.2, 0.25) is 0 Å². The Kier molecular flexibility index (Phi) is 6.59. The fourth-order valence-corrected chi connectivity index (χ4v) is 8.72. The van der Waals surface area contributed by atoms with Crippen molar-refractivity contribution in [2.24, 2.45) is 0 Å².